The Morgan fingerprint density at radius 1 is 1.42 bits per heavy atom. The first-order valence-corrected chi connectivity index (χ1v) is 11.8. The van der Waals surface area contributed by atoms with Gasteiger partial charge in [-0.3, -0.25) is 4.79 Å². The zero-order chi connectivity index (χ0) is 18.7. The average molecular weight is 400 g/mol. The highest BCUT2D eigenvalue weighted by Crippen LogP contribution is 2.35. The first kappa shape index (κ1) is 19.4. The topological polar surface area (TPSA) is 81.7 Å². The van der Waals surface area contributed by atoms with Gasteiger partial charge in [0.1, 0.15) is 17.6 Å². The summed E-state index contributed by atoms with van der Waals surface area (Å²) in [7, 11) is -2.90. The van der Waals surface area contributed by atoms with E-state index in [1.165, 1.54) is 11.8 Å². The van der Waals surface area contributed by atoms with E-state index in [-0.39, 0.29) is 34.5 Å². The van der Waals surface area contributed by atoms with Crippen molar-refractivity contribution in [1.29, 1.82) is 0 Å². The molecule has 1 amide bonds. The first-order chi connectivity index (χ1) is 12.4. The molecule has 1 fully saturated rings. The Labute approximate surface area is 158 Å². The Hall–Kier alpha value is -1.41. The number of benzene rings is 1. The summed E-state index contributed by atoms with van der Waals surface area (Å²) in [4.78, 5) is 12.1. The van der Waals surface area contributed by atoms with Crippen molar-refractivity contribution in [3.63, 3.8) is 0 Å². The largest absolute Gasteiger partial charge is 0.494 e. The van der Waals surface area contributed by atoms with E-state index in [4.69, 9.17) is 9.47 Å². The number of carbonyl (C=O) groups excluding carboxylic acids is 1. The molecular weight excluding hydrogens is 374 g/mol. The maximum atomic E-state index is 12.1. The van der Waals surface area contributed by atoms with Crippen LogP contribution in [0.2, 0.25) is 0 Å². The number of hydrogen-bond donors (Lipinski definition) is 1. The third-order valence-corrected chi connectivity index (χ3v) is 7.78. The lowest BCUT2D eigenvalue weighted by molar-refractivity contribution is -0.118. The number of thioether (sulfide) groups is 1. The lowest BCUT2D eigenvalue weighted by atomic mass is 10.1. The normalized spacial score (nSPS) is 23.3. The molecule has 0 aliphatic carbocycles. The summed E-state index contributed by atoms with van der Waals surface area (Å²) in [5, 5.41) is 2.93. The number of nitrogens with one attached hydrogen (secondary N) is 1. The summed E-state index contributed by atoms with van der Waals surface area (Å²) in [6.45, 7) is 4.88. The number of carbonyl (C=O) groups is 1. The maximum Gasteiger partial charge on any atom is 0.230 e. The van der Waals surface area contributed by atoms with Crippen LogP contribution in [-0.2, 0) is 27.6 Å². The summed E-state index contributed by atoms with van der Waals surface area (Å²) in [6, 6.07) is 3.95. The van der Waals surface area contributed by atoms with Gasteiger partial charge in [-0.1, -0.05) is 0 Å². The van der Waals surface area contributed by atoms with Crippen molar-refractivity contribution in [2.45, 2.75) is 44.6 Å². The van der Waals surface area contributed by atoms with Crippen LogP contribution in [-0.4, -0.2) is 49.5 Å². The molecule has 2 heterocycles. The summed E-state index contributed by atoms with van der Waals surface area (Å²) < 4.78 is 34.5. The number of amides is 1. The molecule has 1 aromatic carbocycles. The standard InChI is InChI=1S/C18H25NO5S2/c1-3-23-16-7-13-6-12(2)24-17(13)8-14(16)9-19-18(20)10-25-15-4-5-26(21,22)11-15/h7-8,12,15H,3-6,9-11H2,1-2H3,(H,19,20)/t12-,15+/m0/s1. The molecule has 0 bridgehead atoms. The summed E-state index contributed by atoms with van der Waals surface area (Å²) in [5.74, 6) is 2.21. The smallest absolute Gasteiger partial charge is 0.230 e. The highest BCUT2D eigenvalue weighted by molar-refractivity contribution is 8.02. The fourth-order valence-corrected chi connectivity index (χ4v) is 6.71. The molecule has 1 saturated heterocycles. The molecule has 0 spiro atoms. The Bertz CT molecular complexity index is 778. The molecule has 0 radical (unpaired) electrons. The molecule has 0 saturated carbocycles. The third-order valence-electron chi connectivity index (χ3n) is 4.50. The van der Waals surface area contributed by atoms with E-state index >= 15 is 0 Å². The second-order valence-electron chi connectivity index (χ2n) is 6.75. The van der Waals surface area contributed by atoms with E-state index in [1.807, 2.05) is 26.0 Å². The van der Waals surface area contributed by atoms with Gasteiger partial charge >= 0.3 is 0 Å². The van der Waals surface area contributed by atoms with Crippen molar-refractivity contribution in [3.05, 3.63) is 23.3 Å². The highest BCUT2D eigenvalue weighted by Gasteiger charge is 2.28. The minimum Gasteiger partial charge on any atom is -0.494 e. The molecular formula is C18H25NO5S2. The van der Waals surface area contributed by atoms with Crippen LogP contribution in [0.15, 0.2) is 12.1 Å². The molecule has 3 rings (SSSR count). The monoisotopic (exact) mass is 399 g/mol. The maximum absolute atomic E-state index is 12.1. The van der Waals surface area contributed by atoms with Crippen LogP contribution in [0, 0.1) is 0 Å². The van der Waals surface area contributed by atoms with Crippen LogP contribution in [0.4, 0.5) is 0 Å². The van der Waals surface area contributed by atoms with E-state index in [0.29, 0.717) is 19.6 Å². The summed E-state index contributed by atoms with van der Waals surface area (Å²) in [5.41, 5.74) is 2.02. The molecule has 26 heavy (non-hydrogen) atoms. The van der Waals surface area contributed by atoms with Gasteiger partial charge in [-0.15, -0.1) is 11.8 Å². The second-order valence-corrected chi connectivity index (χ2v) is 10.3. The van der Waals surface area contributed by atoms with Crippen molar-refractivity contribution in [2.24, 2.45) is 0 Å². The quantitative estimate of drug-likeness (QED) is 0.755. The predicted molar refractivity (Wildman–Crippen MR) is 103 cm³/mol. The number of hydrogen-bond acceptors (Lipinski definition) is 6. The SMILES string of the molecule is CCOc1cc2c(cc1CNC(=O)CS[C@@H]1CCS(=O)(=O)C1)O[C@@H](C)C2. The molecule has 1 N–H and O–H groups in total. The van der Waals surface area contributed by atoms with Gasteiger partial charge < -0.3 is 14.8 Å². The van der Waals surface area contributed by atoms with Crippen LogP contribution < -0.4 is 14.8 Å². The van der Waals surface area contributed by atoms with Gasteiger partial charge in [-0.2, -0.15) is 0 Å². The van der Waals surface area contributed by atoms with E-state index < -0.39 is 9.84 Å². The Morgan fingerprint density at radius 3 is 2.92 bits per heavy atom. The zero-order valence-corrected chi connectivity index (χ0v) is 16.7. The van der Waals surface area contributed by atoms with E-state index in [9.17, 15) is 13.2 Å². The van der Waals surface area contributed by atoms with E-state index in [2.05, 4.69) is 5.32 Å². The highest BCUT2D eigenvalue weighted by atomic mass is 32.2. The lowest BCUT2D eigenvalue weighted by Gasteiger charge is -2.14. The van der Waals surface area contributed by atoms with Gasteiger partial charge in [0.25, 0.3) is 0 Å². The van der Waals surface area contributed by atoms with E-state index in [1.54, 1.807) is 0 Å². The van der Waals surface area contributed by atoms with Crippen molar-refractivity contribution >= 4 is 27.5 Å². The summed E-state index contributed by atoms with van der Waals surface area (Å²) >= 11 is 1.42. The van der Waals surface area contributed by atoms with Gasteiger partial charge in [0.2, 0.25) is 5.91 Å². The van der Waals surface area contributed by atoms with Gasteiger partial charge in [-0.25, -0.2) is 8.42 Å². The molecule has 0 unspecified atom stereocenters. The van der Waals surface area contributed by atoms with E-state index in [0.717, 1.165) is 29.0 Å². The Kier molecular flexibility index (Phi) is 6.02. The van der Waals surface area contributed by atoms with Gasteiger partial charge in [-0.05, 0) is 32.4 Å². The molecule has 6 nitrogen and oxygen atoms in total. The Morgan fingerprint density at radius 2 is 2.23 bits per heavy atom. The predicted octanol–water partition coefficient (Wildman–Crippen LogP) is 1.95. The van der Waals surface area contributed by atoms with Gasteiger partial charge in [0.15, 0.2) is 9.84 Å². The molecule has 144 valence electrons. The molecule has 0 aromatic heterocycles. The molecule has 2 atom stereocenters. The Balaban J connectivity index is 1.55. The fourth-order valence-electron chi connectivity index (χ4n) is 3.24. The third kappa shape index (κ3) is 4.85. The zero-order valence-electron chi connectivity index (χ0n) is 15.1. The molecule has 2 aliphatic rings. The number of rotatable bonds is 7. The van der Waals surface area contributed by atoms with Crippen molar-refractivity contribution in [3.8, 4) is 11.5 Å². The van der Waals surface area contributed by atoms with Crippen LogP contribution in [0.25, 0.3) is 0 Å². The van der Waals surface area contributed by atoms with Crippen LogP contribution in [0.1, 0.15) is 31.4 Å². The van der Waals surface area contributed by atoms with Crippen LogP contribution in [0.3, 0.4) is 0 Å². The number of ether oxygens (including phenoxy) is 2. The number of fused-ring (bicyclic) bond motifs is 1. The van der Waals surface area contributed by atoms with Crippen LogP contribution >= 0.6 is 11.8 Å². The van der Waals surface area contributed by atoms with Crippen molar-refractivity contribution in [1.82, 2.24) is 5.32 Å². The summed E-state index contributed by atoms with van der Waals surface area (Å²) in [6.07, 6.45) is 1.65. The molecule has 2 aliphatic heterocycles. The molecule has 1 aromatic rings. The van der Waals surface area contributed by atoms with Crippen LogP contribution in [0.5, 0.6) is 11.5 Å². The number of sulfone groups is 1. The van der Waals surface area contributed by atoms with Crippen molar-refractivity contribution in [2.75, 3.05) is 23.9 Å². The molecule has 8 heteroatoms. The van der Waals surface area contributed by atoms with Crippen molar-refractivity contribution < 1.29 is 22.7 Å². The van der Waals surface area contributed by atoms with Gasteiger partial charge in [0.05, 0.1) is 23.9 Å². The minimum atomic E-state index is -2.90. The minimum absolute atomic E-state index is 0.0274. The fraction of sp³-hybridized carbons (Fsp3) is 0.611. The second kappa shape index (κ2) is 8.08. The lowest BCUT2D eigenvalue weighted by Crippen LogP contribution is -2.26. The van der Waals surface area contributed by atoms with Gasteiger partial charge in [0, 0.05) is 29.3 Å². The first-order valence-electron chi connectivity index (χ1n) is 8.90. The average Bonchev–Trinajstić information content (AvgIpc) is 3.11.